The van der Waals surface area contributed by atoms with Crippen LogP contribution in [0.1, 0.15) is 12.0 Å². The third-order valence-corrected chi connectivity index (χ3v) is 2.35. The Labute approximate surface area is 96.2 Å². The molecule has 4 amide bonds. The average Bonchev–Trinajstić information content (AvgIpc) is 2.21. The molecule has 1 N–H and O–H groups in total. The summed E-state index contributed by atoms with van der Waals surface area (Å²) in [4.78, 5) is 34.6. The van der Waals surface area contributed by atoms with Gasteiger partial charge in [0, 0.05) is 0 Å². The number of rotatable bonds is 1. The van der Waals surface area contributed by atoms with Crippen molar-refractivity contribution in [3.8, 4) is 0 Å². The number of amides is 4. The molecule has 1 aliphatic heterocycles. The van der Waals surface area contributed by atoms with Crippen LogP contribution in [0.2, 0.25) is 0 Å². The quantitative estimate of drug-likeness (QED) is 0.742. The molecule has 17 heavy (non-hydrogen) atoms. The van der Waals surface area contributed by atoms with Gasteiger partial charge in [-0.1, -0.05) is 6.07 Å². The van der Waals surface area contributed by atoms with Gasteiger partial charge in [-0.25, -0.2) is 14.1 Å². The van der Waals surface area contributed by atoms with E-state index in [2.05, 4.69) is 0 Å². The Kier molecular flexibility index (Phi) is 2.63. The first-order valence-electron chi connectivity index (χ1n) is 4.92. The summed E-state index contributed by atoms with van der Waals surface area (Å²) in [5, 5.41) is 1.97. The summed E-state index contributed by atoms with van der Waals surface area (Å²) >= 11 is 0. The number of carbonyl (C=O) groups excluding carboxylic acids is 3. The maximum atomic E-state index is 13.5. The number of imide groups is 2. The van der Waals surface area contributed by atoms with E-state index < -0.39 is 30.1 Å². The summed E-state index contributed by atoms with van der Waals surface area (Å²) < 4.78 is 13.5. The number of barbiturate groups is 1. The minimum absolute atomic E-state index is 0.139. The maximum Gasteiger partial charge on any atom is 0.335 e. The highest BCUT2D eigenvalue weighted by Crippen LogP contribution is 2.23. The topological polar surface area (TPSA) is 66.5 Å². The number of anilines is 1. The minimum Gasteiger partial charge on any atom is -0.277 e. The van der Waals surface area contributed by atoms with E-state index in [4.69, 9.17) is 0 Å². The zero-order chi connectivity index (χ0) is 12.6. The van der Waals surface area contributed by atoms with Crippen LogP contribution in [0.4, 0.5) is 14.9 Å². The first-order valence-corrected chi connectivity index (χ1v) is 4.92. The van der Waals surface area contributed by atoms with Crippen molar-refractivity contribution in [1.82, 2.24) is 5.32 Å². The van der Waals surface area contributed by atoms with E-state index in [0.717, 1.165) is 0 Å². The van der Waals surface area contributed by atoms with Crippen LogP contribution in [0.25, 0.3) is 0 Å². The second-order valence-corrected chi connectivity index (χ2v) is 3.71. The van der Waals surface area contributed by atoms with Crippen LogP contribution in [0.15, 0.2) is 18.2 Å². The molecule has 0 spiro atoms. The fourth-order valence-electron chi connectivity index (χ4n) is 1.59. The van der Waals surface area contributed by atoms with E-state index in [1.54, 1.807) is 6.92 Å². The van der Waals surface area contributed by atoms with Gasteiger partial charge in [-0.15, -0.1) is 0 Å². The van der Waals surface area contributed by atoms with Crippen LogP contribution in [-0.2, 0) is 9.59 Å². The van der Waals surface area contributed by atoms with Crippen molar-refractivity contribution in [2.75, 3.05) is 4.90 Å². The number of benzene rings is 1. The van der Waals surface area contributed by atoms with Crippen molar-refractivity contribution in [3.63, 3.8) is 0 Å². The Morgan fingerprint density at radius 3 is 2.65 bits per heavy atom. The molecule has 1 aromatic rings. The molecule has 5 nitrogen and oxygen atoms in total. The lowest BCUT2D eigenvalue weighted by Gasteiger charge is -2.25. The van der Waals surface area contributed by atoms with Crippen molar-refractivity contribution >= 4 is 23.5 Å². The van der Waals surface area contributed by atoms with Crippen LogP contribution in [-0.4, -0.2) is 17.8 Å². The molecule has 0 bridgehead atoms. The summed E-state index contributed by atoms with van der Waals surface area (Å²) in [6.07, 6.45) is -0.459. The van der Waals surface area contributed by atoms with Crippen molar-refractivity contribution in [1.29, 1.82) is 0 Å². The van der Waals surface area contributed by atoms with Crippen LogP contribution in [0.3, 0.4) is 0 Å². The van der Waals surface area contributed by atoms with Crippen LogP contribution >= 0.6 is 0 Å². The highest BCUT2D eigenvalue weighted by Gasteiger charge is 2.33. The van der Waals surface area contributed by atoms with Crippen molar-refractivity contribution in [3.05, 3.63) is 29.6 Å². The lowest BCUT2D eigenvalue weighted by molar-refractivity contribution is -0.128. The molecule has 6 heteroatoms. The maximum absolute atomic E-state index is 13.5. The Bertz CT molecular complexity index is 507. The Hall–Kier alpha value is -2.24. The first-order chi connectivity index (χ1) is 7.99. The van der Waals surface area contributed by atoms with E-state index >= 15 is 0 Å². The second-order valence-electron chi connectivity index (χ2n) is 3.71. The summed E-state index contributed by atoms with van der Waals surface area (Å²) in [5.41, 5.74) is 0.568. The molecular weight excluding hydrogens is 227 g/mol. The summed E-state index contributed by atoms with van der Waals surface area (Å²) in [6, 6.07) is 3.15. The fourth-order valence-corrected chi connectivity index (χ4v) is 1.59. The molecule has 0 atom stereocenters. The number of nitrogens with zero attached hydrogens (tertiary/aromatic N) is 1. The van der Waals surface area contributed by atoms with Gasteiger partial charge in [-0.3, -0.25) is 14.9 Å². The molecular formula is C11H9FN2O3. The fraction of sp³-hybridized carbons (Fsp3) is 0.182. The molecule has 1 aromatic carbocycles. The predicted octanol–water partition coefficient (Wildman–Crippen LogP) is 1.11. The number of hydrogen-bond donors (Lipinski definition) is 1. The molecule has 1 aliphatic rings. The number of aryl methyl sites for hydroxylation is 1. The zero-order valence-corrected chi connectivity index (χ0v) is 8.99. The third kappa shape index (κ3) is 2.01. The third-order valence-electron chi connectivity index (χ3n) is 2.35. The highest BCUT2D eigenvalue weighted by atomic mass is 19.1. The van der Waals surface area contributed by atoms with Gasteiger partial charge in [0.15, 0.2) is 0 Å². The normalized spacial score (nSPS) is 16.1. The molecule has 0 aliphatic carbocycles. The van der Waals surface area contributed by atoms with Gasteiger partial charge < -0.3 is 0 Å². The van der Waals surface area contributed by atoms with Crippen LogP contribution in [0, 0.1) is 12.7 Å². The van der Waals surface area contributed by atoms with Gasteiger partial charge in [-0.2, -0.15) is 0 Å². The van der Waals surface area contributed by atoms with E-state index in [0.29, 0.717) is 10.5 Å². The Morgan fingerprint density at radius 2 is 2.00 bits per heavy atom. The van der Waals surface area contributed by atoms with Gasteiger partial charge in [0.25, 0.3) is 0 Å². The predicted molar refractivity (Wildman–Crippen MR) is 56.8 cm³/mol. The SMILES string of the molecule is Cc1ccc(F)c(N2C(=O)CC(=O)NC2=O)c1. The molecule has 0 saturated carbocycles. The standard InChI is InChI=1S/C11H9FN2O3/c1-6-2-3-7(12)8(4-6)14-10(16)5-9(15)13-11(14)17/h2-4H,5H2,1H3,(H,13,15,17). The lowest BCUT2D eigenvalue weighted by Crippen LogP contribution is -2.53. The summed E-state index contributed by atoms with van der Waals surface area (Å²) in [6.45, 7) is 1.71. The first kappa shape index (κ1) is 11.3. The van der Waals surface area contributed by atoms with E-state index in [-0.39, 0.29) is 5.69 Å². The van der Waals surface area contributed by atoms with Crippen LogP contribution in [0.5, 0.6) is 0 Å². The average molecular weight is 236 g/mol. The van der Waals surface area contributed by atoms with Gasteiger partial charge in [-0.05, 0) is 24.6 Å². The molecule has 0 aromatic heterocycles. The van der Waals surface area contributed by atoms with Crippen molar-refractivity contribution in [2.24, 2.45) is 0 Å². The van der Waals surface area contributed by atoms with E-state index in [9.17, 15) is 18.8 Å². The van der Waals surface area contributed by atoms with Gasteiger partial charge in [0.1, 0.15) is 12.2 Å². The highest BCUT2D eigenvalue weighted by molar-refractivity contribution is 6.26. The van der Waals surface area contributed by atoms with Gasteiger partial charge in [0.2, 0.25) is 11.8 Å². The molecule has 1 saturated heterocycles. The number of hydrogen-bond acceptors (Lipinski definition) is 3. The van der Waals surface area contributed by atoms with Gasteiger partial charge in [0.05, 0.1) is 5.69 Å². The lowest BCUT2D eigenvalue weighted by atomic mass is 10.1. The number of nitrogens with one attached hydrogen (secondary N) is 1. The number of carbonyl (C=O) groups is 3. The van der Waals surface area contributed by atoms with Gasteiger partial charge >= 0.3 is 6.03 Å². The largest absolute Gasteiger partial charge is 0.335 e. The van der Waals surface area contributed by atoms with Crippen molar-refractivity contribution in [2.45, 2.75) is 13.3 Å². The zero-order valence-electron chi connectivity index (χ0n) is 8.99. The second kappa shape index (κ2) is 3.97. The minimum atomic E-state index is -0.921. The van der Waals surface area contributed by atoms with E-state index in [1.165, 1.54) is 18.2 Å². The van der Waals surface area contributed by atoms with E-state index in [1.807, 2.05) is 5.32 Å². The Morgan fingerprint density at radius 1 is 1.29 bits per heavy atom. The van der Waals surface area contributed by atoms with Crippen molar-refractivity contribution < 1.29 is 18.8 Å². The van der Waals surface area contributed by atoms with Crippen LogP contribution < -0.4 is 10.2 Å². The monoisotopic (exact) mass is 236 g/mol. The molecule has 1 fully saturated rings. The molecule has 2 rings (SSSR count). The molecule has 0 radical (unpaired) electrons. The molecule has 1 heterocycles. The number of halogens is 1. The molecule has 0 unspecified atom stereocenters. The summed E-state index contributed by atoms with van der Waals surface area (Å²) in [7, 11) is 0. The summed E-state index contributed by atoms with van der Waals surface area (Å²) in [5.74, 6) is -2.10. The smallest absolute Gasteiger partial charge is 0.277 e. The Balaban J connectivity index is 2.45. The number of urea groups is 1. The molecule has 88 valence electrons.